The third kappa shape index (κ3) is 4.96. The Kier molecular flexibility index (Phi) is 8.07. The summed E-state index contributed by atoms with van der Waals surface area (Å²) >= 11 is 0. The van der Waals surface area contributed by atoms with Crippen molar-refractivity contribution in [3.63, 3.8) is 0 Å². The molecule has 1 unspecified atom stereocenters. The van der Waals surface area contributed by atoms with Gasteiger partial charge in [-0.15, -0.1) is 29.9 Å². The molecule has 0 radical (unpaired) electrons. The highest BCUT2D eigenvalue weighted by Gasteiger charge is 2.25. The first kappa shape index (κ1) is 21.9. The van der Waals surface area contributed by atoms with Gasteiger partial charge in [0.2, 0.25) is 17.8 Å². The number of hydrogen-bond donors (Lipinski definition) is 3. The predicted molar refractivity (Wildman–Crippen MR) is 102 cm³/mol. The van der Waals surface area contributed by atoms with Crippen LogP contribution in [0.1, 0.15) is 18.0 Å². The summed E-state index contributed by atoms with van der Waals surface area (Å²) in [5.41, 5.74) is 11.9. The lowest BCUT2D eigenvalue weighted by Crippen LogP contribution is -2.49. The largest absolute Gasteiger partial charge is 0.368 e. The zero-order valence-corrected chi connectivity index (χ0v) is 15.6. The number of aromatic amines is 1. The normalized spacial score (nSPS) is 15.0. The summed E-state index contributed by atoms with van der Waals surface area (Å²) in [5, 5.41) is 6.60. The summed E-state index contributed by atoms with van der Waals surface area (Å²) in [6.45, 7) is 2.30. The zero-order chi connectivity index (χ0) is 17.1. The van der Waals surface area contributed by atoms with Crippen LogP contribution in [-0.4, -0.2) is 52.2 Å². The molecule has 1 aromatic carbocycles. The number of carbonyl (C=O) groups excluding carboxylic acids is 1. The standard InChI is InChI=1S/C15H20FN7O.2ClH/c16-11-4-2-1-3-10(11)12(17)9-13(24)22-5-7-23(8-6-22)15-19-14(18)20-21-15;;/h1-4,12H,5-9,17H2,(H3,18,19,20,21);2*1H. The Balaban J connectivity index is 0.00000169. The van der Waals surface area contributed by atoms with E-state index in [0.29, 0.717) is 37.7 Å². The van der Waals surface area contributed by atoms with Crippen molar-refractivity contribution in [1.82, 2.24) is 20.1 Å². The van der Waals surface area contributed by atoms with Gasteiger partial charge in [-0.2, -0.15) is 4.98 Å². The molecule has 11 heteroatoms. The molecule has 5 N–H and O–H groups in total. The van der Waals surface area contributed by atoms with E-state index in [-0.39, 0.29) is 48.9 Å². The number of carbonyl (C=O) groups is 1. The van der Waals surface area contributed by atoms with Crippen LogP contribution >= 0.6 is 24.8 Å². The second-order valence-electron chi connectivity index (χ2n) is 5.72. The minimum absolute atomic E-state index is 0. The lowest BCUT2D eigenvalue weighted by Gasteiger charge is -2.34. The van der Waals surface area contributed by atoms with Crippen LogP contribution in [0, 0.1) is 5.82 Å². The van der Waals surface area contributed by atoms with Crippen LogP contribution in [0.2, 0.25) is 0 Å². The molecule has 0 aliphatic carbocycles. The minimum atomic E-state index is -0.649. The fourth-order valence-corrected chi connectivity index (χ4v) is 2.77. The molecule has 3 rings (SSSR count). The van der Waals surface area contributed by atoms with Crippen LogP contribution in [0.4, 0.5) is 16.3 Å². The van der Waals surface area contributed by atoms with E-state index in [4.69, 9.17) is 11.5 Å². The molecule has 1 aliphatic heterocycles. The van der Waals surface area contributed by atoms with E-state index in [1.54, 1.807) is 23.1 Å². The number of nitrogens with two attached hydrogens (primary N) is 2. The molecule has 1 aromatic heterocycles. The first-order chi connectivity index (χ1) is 11.5. The minimum Gasteiger partial charge on any atom is -0.368 e. The molecule has 1 saturated heterocycles. The van der Waals surface area contributed by atoms with Gasteiger partial charge < -0.3 is 21.3 Å². The maximum absolute atomic E-state index is 13.7. The van der Waals surface area contributed by atoms with Gasteiger partial charge in [0.25, 0.3) is 0 Å². The number of aromatic nitrogens is 3. The Morgan fingerprint density at radius 3 is 2.46 bits per heavy atom. The van der Waals surface area contributed by atoms with Crippen LogP contribution < -0.4 is 16.4 Å². The Morgan fingerprint density at radius 1 is 1.23 bits per heavy atom. The molecule has 0 bridgehead atoms. The molecule has 2 aromatic rings. The van der Waals surface area contributed by atoms with Crippen molar-refractivity contribution in [3.8, 4) is 0 Å². The first-order valence-electron chi connectivity index (χ1n) is 7.75. The van der Waals surface area contributed by atoms with E-state index in [2.05, 4.69) is 15.2 Å². The third-order valence-corrected chi connectivity index (χ3v) is 4.11. The molecular weight excluding hydrogens is 384 g/mol. The number of halogens is 3. The zero-order valence-electron chi connectivity index (χ0n) is 14.0. The van der Waals surface area contributed by atoms with Gasteiger partial charge in [-0.05, 0) is 6.07 Å². The van der Waals surface area contributed by atoms with E-state index >= 15 is 0 Å². The van der Waals surface area contributed by atoms with Crippen molar-refractivity contribution >= 4 is 42.6 Å². The highest BCUT2D eigenvalue weighted by atomic mass is 35.5. The molecule has 0 spiro atoms. The van der Waals surface area contributed by atoms with Crippen LogP contribution in [0.5, 0.6) is 0 Å². The number of piperazine rings is 1. The quantitative estimate of drug-likeness (QED) is 0.700. The number of anilines is 2. The molecule has 26 heavy (non-hydrogen) atoms. The van der Waals surface area contributed by atoms with Gasteiger partial charge in [-0.1, -0.05) is 18.2 Å². The fourth-order valence-electron chi connectivity index (χ4n) is 2.77. The van der Waals surface area contributed by atoms with Gasteiger partial charge in [-0.3, -0.25) is 4.79 Å². The second-order valence-corrected chi connectivity index (χ2v) is 5.72. The van der Waals surface area contributed by atoms with Crippen LogP contribution in [0.25, 0.3) is 0 Å². The molecule has 8 nitrogen and oxygen atoms in total. The van der Waals surface area contributed by atoms with Crippen LogP contribution in [-0.2, 0) is 4.79 Å². The molecule has 144 valence electrons. The maximum atomic E-state index is 13.7. The van der Waals surface area contributed by atoms with Gasteiger partial charge in [-0.25, -0.2) is 9.49 Å². The van der Waals surface area contributed by atoms with Gasteiger partial charge in [0, 0.05) is 44.2 Å². The molecule has 1 amide bonds. The molecule has 2 heterocycles. The van der Waals surface area contributed by atoms with Gasteiger partial charge in [0.05, 0.1) is 0 Å². The first-order valence-corrected chi connectivity index (χ1v) is 7.75. The predicted octanol–water partition coefficient (Wildman–Crippen LogP) is 1.11. The SMILES string of the molecule is Cl.Cl.Nc1nc(N2CCN(C(=O)CC(N)c3ccccc3F)CC2)n[nH]1. The molecule has 1 aliphatic rings. The van der Waals surface area contributed by atoms with E-state index < -0.39 is 6.04 Å². The summed E-state index contributed by atoms with van der Waals surface area (Å²) in [6, 6.07) is 5.62. The number of H-pyrrole nitrogens is 1. The van der Waals surface area contributed by atoms with Crippen molar-refractivity contribution < 1.29 is 9.18 Å². The van der Waals surface area contributed by atoms with Gasteiger partial charge in [0.1, 0.15) is 5.82 Å². The van der Waals surface area contributed by atoms with Gasteiger partial charge >= 0.3 is 0 Å². The smallest absolute Gasteiger partial charge is 0.246 e. The van der Waals surface area contributed by atoms with E-state index in [9.17, 15) is 9.18 Å². The van der Waals surface area contributed by atoms with E-state index in [1.165, 1.54) is 6.07 Å². The second kappa shape index (κ2) is 9.56. The van der Waals surface area contributed by atoms with Crippen LogP contribution in [0.15, 0.2) is 24.3 Å². The number of hydrogen-bond acceptors (Lipinski definition) is 6. The summed E-state index contributed by atoms with van der Waals surface area (Å²) in [4.78, 5) is 20.1. The fraction of sp³-hybridized carbons (Fsp3) is 0.400. The Bertz CT molecular complexity index is 722. The Hall–Kier alpha value is -2.10. The summed E-state index contributed by atoms with van der Waals surface area (Å²) < 4.78 is 13.7. The van der Waals surface area contributed by atoms with Crippen molar-refractivity contribution in [2.24, 2.45) is 5.73 Å². The van der Waals surface area contributed by atoms with Crippen molar-refractivity contribution in [2.45, 2.75) is 12.5 Å². The maximum Gasteiger partial charge on any atom is 0.246 e. The van der Waals surface area contributed by atoms with Crippen LogP contribution in [0.3, 0.4) is 0 Å². The number of rotatable bonds is 4. The number of nitrogens with one attached hydrogen (secondary N) is 1. The monoisotopic (exact) mass is 405 g/mol. The summed E-state index contributed by atoms with van der Waals surface area (Å²) in [5.74, 6) is 0.326. The lowest BCUT2D eigenvalue weighted by molar-refractivity contribution is -0.131. The molecular formula is C15H22Cl2FN7O. The molecule has 1 fully saturated rings. The van der Waals surface area contributed by atoms with E-state index in [1.807, 2.05) is 4.90 Å². The van der Waals surface area contributed by atoms with Gasteiger partial charge in [0.15, 0.2) is 0 Å². The molecule has 0 saturated carbocycles. The number of amides is 1. The van der Waals surface area contributed by atoms with E-state index in [0.717, 1.165) is 0 Å². The average molecular weight is 406 g/mol. The Morgan fingerprint density at radius 2 is 1.88 bits per heavy atom. The summed E-state index contributed by atoms with van der Waals surface area (Å²) in [7, 11) is 0. The highest BCUT2D eigenvalue weighted by molar-refractivity contribution is 5.85. The highest BCUT2D eigenvalue weighted by Crippen LogP contribution is 2.19. The van der Waals surface area contributed by atoms with Crippen molar-refractivity contribution in [2.75, 3.05) is 36.8 Å². The average Bonchev–Trinajstić information content (AvgIpc) is 3.02. The topological polar surface area (TPSA) is 117 Å². The lowest BCUT2D eigenvalue weighted by atomic mass is 10.0. The van der Waals surface area contributed by atoms with Crippen molar-refractivity contribution in [3.05, 3.63) is 35.6 Å². The third-order valence-electron chi connectivity index (χ3n) is 4.11. The summed E-state index contributed by atoms with van der Waals surface area (Å²) in [6.07, 6.45) is 0.0779. The molecule has 1 atom stereocenters. The Labute approximate surface area is 162 Å². The number of benzene rings is 1. The number of nitrogens with zero attached hydrogens (tertiary/aromatic N) is 4. The number of nitrogen functional groups attached to an aromatic ring is 1. The van der Waals surface area contributed by atoms with Crippen molar-refractivity contribution in [1.29, 1.82) is 0 Å².